The number of ether oxygens (including phenoxy) is 1. The van der Waals surface area contributed by atoms with Crippen LogP contribution < -0.4 is 14.5 Å². The molecule has 14 aromatic rings. The average molecular weight is 1280 g/mol. The van der Waals surface area contributed by atoms with Crippen LogP contribution in [0, 0.1) is 6.92 Å². The maximum Gasteiger partial charge on any atom is 0.118 e. The van der Waals surface area contributed by atoms with Crippen molar-refractivity contribution in [3.63, 3.8) is 0 Å². The van der Waals surface area contributed by atoms with Crippen molar-refractivity contribution in [1.29, 1.82) is 0 Å². The molecule has 8 aromatic carbocycles. The Morgan fingerprint density at radius 3 is 1.18 bits per heavy atom. The van der Waals surface area contributed by atoms with Gasteiger partial charge in [-0.05, 0) is 201 Å². The van der Waals surface area contributed by atoms with E-state index in [1.54, 1.807) is 7.11 Å². The summed E-state index contributed by atoms with van der Waals surface area (Å²) in [5.41, 5.74) is 25.1. The first kappa shape index (κ1) is 66.7. The van der Waals surface area contributed by atoms with Gasteiger partial charge >= 0.3 is 0 Å². The summed E-state index contributed by atoms with van der Waals surface area (Å²) in [4.78, 5) is 28.8. The van der Waals surface area contributed by atoms with Crippen LogP contribution in [0.2, 0.25) is 0 Å². The van der Waals surface area contributed by atoms with Crippen molar-refractivity contribution in [3.8, 4) is 107 Å². The third-order valence-corrected chi connectivity index (χ3v) is 18.1. The number of aryl methyl sites for hydroxylation is 2. The highest BCUT2D eigenvalue weighted by Crippen LogP contribution is 2.38. The van der Waals surface area contributed by atoms with Gasteiger partial charge in [-0.15, -0.1) is 0 Å². The van der Waals surface area contributed by atoms with Crippen LogP contribution in [0.4, 0.5) is 11.4 Å². The number of unbranched alkanes of at least 4 members (excludes halogenated alkanes) is 2. The van der Waals surface area contributed by atoms with Gasteiger partial charge in [0.2, 0.25) is 0 Å². The lowest BCUT2D eigenvalue weighted by Crippen LogP contribution is -2.25. The van der Waals surface area contributed by atoms with Gasteiger partial charge in [-0.2, -0.15) is 0 Å². The Bertz CT molecular complexity index is 4720. The number of hydrogen-bond acceptors (Lipinski definition) is 8. The van der Waals surface area contributed by atoms with E-state index >= 15 is 0 Å². The predicted molar refractivity (Wildman–Crippen MR) is 413 cm³/mol. The molecule has 0 saturated carbocycles. The SMILES string of the molecule is CCCCN(CCCC)c1ccc(-c2cc(-c3ccccc3)nc(-c3ccccn3)c2)cc1.CCN(CC)c1ccc(-c2cc(-c3ccccc3)nc(-c3ccccn3)c2)cc1.CCn1c2ccccc2c2cc(-c3cc(-c4ccc(C)cc4)nc(-c4ccc(OC)cc4)c3)ccc21. The van der Waals surface area contributed by atoms with Gasteiger partial charge in [0.15, 0.2) is 0 Å². The van der Waals surface area contributed by atoms with E-state index in [-0.39, 0.29) is 0 Å². The average Bonchev–Trinajstić information content (AvgIpc) is 1.38. The molecule has 0 spiro atoms. The molecule has 0 amide bonds. The Morgan fingerprint density at radius 1 is 0.327 bits per heavy atom. The van der Waals surface area contributed by atoms with Gasteiger partial charge in [-0.1, -0.05) is 178 Å². The number of rotatable bonds is 21. The zero-order chi connectivity index (χ0) is 67.6. The van der Waals surface area contributed by atoms with E-state index in [1.807, 2.05) is 85.2 Å². The van der Waals surface area contributed by atoms with E-state index in [0.717, 1.165) is 123 Å². The van der Waals surface area contributed by atoms with E-state index in [1.165, 1.54) is 81.1 Å². The summed E-state index contributed by atoms with van der Waals surface area (Å²) in [5.74, 6) is 0.839. The molecule has 14 rings (SSSR count). The number of benzene rings is 8. The summed E-state index contributed by atoms with van der Waals surface area (Å²) in [6.07, 6.45) is 8.52. The van der Waals surface area contributed by atoms with Crippen molar-refractivity contribution in [1.82, 2.24) is 29.5 Å². The first-order valence-corrected chi connectivity index (χ1v) is 34.6. The molecule has 0 aliphatic rings. The van der Waals surface area contributed by atoms with Gasteiger partial charge in [0.1, 0.15) is 5.75 Å². The van der Waals surface area contributed by atoms with Crippen molar-refractivity contribution in [2.45, 2.75) is 73.8 Å². The van der Waals surface area contributed by atoms with Crippen molar-refractivity contribution < 1.29 is 4.74 Å². The van der Waals surface area contributed by atoms with E-state index < -0.39 is 0 Å². The summed E-state index contributed by atoms with van der Waals surface area (Å²) in [7, 11) is 1.69. The van der Waals surface area contributed by atoms with Crippen molar-refractivity contribution in [3.05, 3.63) is 291 Å². The molecule has 98 heavy (non-hydrogen) atoms. The van der Waals surface area contributed by atoms with E-state index in [4.69, 9.17) is 19.7 Å². The number of hydrogen-bond donors (Lipinski definition) is 0. The Balaban J connectivity index is 0.000000141. The second kappa shape index (κ2) is 32.4. The minimum absolute atomic E-state index is 0.839. The molecule has 0 unspecified atom stereocenters. The minimum atomic E-state index is 0.839. The van der Waals surface area contributed by atoms with Crippen LogP contribution in [0.3, 0.4) is 0 Å². The molecule has 0 radical (unpaired) electrons. The Morgan fingerprint density at radius 2 is 0.724 bits per heavy atom. The van der Waals surface area contributed by atoms with Crippen LogP contribution in [0.1, 0.15) is 65.9 Å². The minimum Gasteiger partial charge on any atom is -0.497 e. The summed E-state index contributed by atoms with van der Waals surface area (Å²) in [5, 5.41) is 2.57. The molecule has 0 fully saturated rings. The topological polar surface area (TPSA) is 85.1 Å². The summed E-state index contributed by atoms with van der Waals surface area (Å²) in [6.45, 7) is 18.4. The molecule has 0 aliphatic carbocycles. The first-order chi connectivity index (χ1) is 48.2. The zero-order valence-corrected chi connectivity index (χ0v) is 57.5. The van der Waals surface area contributed by atoms with E-state index in [2.05, 4.69) is 266 Å². The fraction of sp³-hybridized carbons (Fsp3) is 0.180. The standard InChI is InChI=1S/C33H28N2O.C30H33N3.C26H25N3/c1-4-35-32-8-6-5-7-28(32)29-19-25(15-18-33(29)35)26-20-30(23-11-9-22(2)10-12-23)34-31(21-26)24-13-16-27(36-3)17-14-24;1-3-5-20-33(21-6-4-2)27-17-15-24(16-18-27)26-22-29(25-12-8-7-9-13-25)32-30(23-26)28-14-10-11-19-31-28;1-3-29(4-2)23-15-13-20(14-16-23)22-18-25(21-10-6-5-7-11-21)28-26(19-22)24-12-8-9-17-27-24/h5-21H,4H2,1-3H3;7-19,22-23H,3-6,20-21H2,1-2H3;5-19H,3-4H2,1-2H3. The largest absolute Gasteiger partial charge is 0.497 e. The lowest BCUT2D eigenvalue weighted by atomic mass is 9.98. The lowest BCUT2D eigenvalue weighted by molar-refractivity contribution is 0.415. The van der Waals surface area contributed by atoms with E-state index in [9.17, 15) is 0 Å². The van der Waals surface area contributed by atoms with Gasteiger partial charge in [0, 0.05) is 101 Å². The number of nitrogens with zero attached hydrogens (tertiary/aromatic N) is 8. The van der Waals surface area contributed by atoms with Gasteiger partial charge in [-0.25, -0.2) is 15.0 Å². The zero-order valence-electron chi connectivity index (χ0n) is 57.5. The van der Waals surface area contributed by atoms with Crippen LogP contribution in [0.5, 0.6) is 5.75 Å². The molecule has 0 N–H and O–H groups in total. The summed E-state index contributed by atoms with van der Waals surface area (Å²) in [6, 6.07) is 95.6. The van der Waals surface area contributed by atoms with Crippen LogP contribution in [-0.4, -0.2) is 62.8 Å². The van der Waals surface area contributed by atoms with E-state index in [0.29, 0.717) is 0 Å². The van der Waals surface area contributed by atoms with Crippen molar-refractivity contribution >= 4 is 33.2 Å². The highest BCUT2D eigenvalue weighted by Gasteiger charge is 2.17. The summed E-state index contributed by atoms with van der Waals surface area (Å²) < 4.78 is 7.76. The number of pyridine rings is 5. The smallest absolute Gasteiger partial charge is 0.118 e. The molecule has 0 saturated heterocycles. The Labute approximate surface area is 578 Å². The van der Waals surface area contributed by atoms with Crippen LogP contribution >= 0.6 is 0 Å². The molecule has 6 aromatic heterocycles. The lowest BCUT2D eigenvalue weighted by Gasteiger charge is -2.25. The third kappa shape index (κ3) is 16.0. The second-order valence-electron chi connectivity index (χ2n) is 24.6. The molecule has 488 valence electrons. The predicted octanol–water partition coefficient (Wildman–Crippen LogP) is 22.7. The normalized spacial score (nSPS) is 11.0. The number of anilines is 2. The first-order valence-electron chi connectivity index (χ1n) is 34.6. The maximum absolute atomic E-state index is 5.37. The molecule has 0 atom stereocenters. The number of fused-ring (bicyclic) bond motifs is 3. The third-order valence-electron chi connectivity index (χ3n) is 18.1. The molecule has 9 heteroatoms. The number of methoxy groups -OCH3 is 1. The van der Waals surface area contributed by atoms with Crippen LogP contribution in [-0.2, 0) is 6.54 Å². The van der Waals surface area contributed by atoms with Crippen LogP contribution in [0.15, 0.2) is 285 Å². The quantitative estimate of drug-likeness (QED) is 0.0703. The van der Waals surface area contributed by atoms with Gasteiger partial charge < -0.3 is 19.1 Å². The molecular formula is C89H86N8O. The molecule has 6 heterocycles. The Kier molecular flexibility index (Phi) is 22.1. The number of aromatic nitrogens is 6. The Hall–Kier alpha value is -11.3. The molecule has 0 aliphatic heterocycles. The molecular weight excluding hydrogens is 1200 g/mol. The van der Waals surface area contributed by atoms with Crippen molar-refractivity contribution in [2.24, 2.45) is 0 Å². The highest BCUT2D eigenvalue weighted by molar-refractivity contribution is 6.09. The van der Waals surface area contributed by atoms with Gasteiger partial charge in [-0.3, -0.25) is 9.97 Å². The molecule has 9 nitrogen and oxygen atoms in total. The van der Waals surface area contributed by atoms with Crippen molar-refractivity contribution in [2.75, 3.05) is 43.1 Å². The van der Waals surface area contributed by atoms with Gasteiger partial charge in [0.05, 0.1) is 52.7 Å². The molecule has 0 bridgehead atoms. The van der Waals surface area contributed by atoms with Gasteiger partial charge in [0.25, 0.3) is 0 Å². The number of para-hydroxylation sites is 1. The second-order valence-corrected chi connectivity index (χ2v) is 24.6. The fourth-order valence-corrected chi connectivity index (χ4v) is 12.6. The van der Waals surface area contributed by atoms with Crippen LogP contribution in [0.25, 0.3) is 123 Å². The highest BCUT2D eigenvalue weighted by atomic mass is 16.5. The summed E-state index contributed by atoms with van der Waals surface area (Å²) >= 11 is 0. The monoisotopic (exact) mass is 1280 g/mol. The maximum atomic E-state index is 5.37. The fourth-order valence-electron chi connectivity index (χ4n) is 12.6.